The second-order valence-electron chi connectivity index (χ2n) is 11.6. The smallest absolute Gasteiger partial charge is 0.490 e. The SMILES string of the molecule is C=C(B1OC(C)(C)C(C)(C)O1)C(C1CCCCC1)C(Nc1ccc(OC)cc1)c1ccc(C(F)(F)F)cc1. The predicted octanol–water partition coefficient (Wildman–Crippen LogP) is 8.25. The Labute approximate surface area is 225 Å². The Bertz CT molecular complexity index is 1080. The number of methoxy groups -OCH3 is 1. The monoisotopic (exact) mass is 529 g/mol. The fraction of sp³-hybridized carbons (Fsp3) is 0.533. The molecule has 4 nitrogen and oxygen atoms in total. The molecule has 1 saturated carbocycles. The summed E-state index contributed by atoms with van der Waals surface area (Å²) in [6.45, 7) is 12.6. The van der Waals surface area contributed by atoms with Crippen LogP contribution in [0.15, 0.2) is 60.6 Å². The van der Waals surface area contributed by atoms with Crippen molar-refractivity contribution in [2.24, 2.45) is 11.8 Å². The number of hydrogen-bond acceptors (Lipinski definition) is 4. The molecule has 1 heterocycles. The lowest BCUT2D eigenvalue weighted by Crippen LogP contribution is -2.41. The van der Waals surface area contributed by atoms with Crippen molar-refractivity contribution in [3.8, 4) is 5.75 Å². The molecular weight excluding hydrogens is 490 g/mol. The van der Waals surface area contributed by atoms with Gasteiger partial charge in [-0.2, -0.15) is 13.2 Å². The molecule has 206 valence electrons. The minimum absolute atomic E-state index is 0.121. The quantitative estimate of drug-likeness (QED) is 0.350. The molecule has 2 atom stereocenters. The molecule has 4 rings (SSSR count). The highest BCUT2D eigenvalue weighted by molar-refractivity contribution is 6.54. The summed E-state index contributed by atoms with van der Waals surface area (Å²) >= 11 is 0. The highest BCUT2D eigenvalue weighted by Crippen LogP contribution is 2.47. The van der Waals surface area contributed by atoms with Gasteiger partial charge in [-0.05, 0) is 93.9 Å². The van der Waals surface area contributed by atoms with Crippen LogP contribution in [0.25, 0.3) is 0 Å². The fourth-order valence-corrected chi connectivity index (χ4v) is 5.56. The Kier molecular flexibility index (Phi) is 8.24. The van der Waals surface area contributed by atoms with Crippen LogP contribution in [0.4, 0.5) is 18.9 Å². The second kappa shape index (κ2) is 11.0. The Morgan fingerprint density at radius 1 is 0.947 bits per heavy atom. The topological polar surface area (TPSA) is 39.7 Å². The van der Waals surface area contributed by atoms with Crippen molar-refractivity contribution in [1.82, 2.24) is 0 Å². The zero-order valence-electron chi connectivity index (χ0n) is 23.0. The van der Waals surface area contributed by atoms with Crippen LogP contribution in [-0.2, 0) is 15.5 Å². The van der Waals surface area contributed by atoms with E-state index in [0.717, 1.165) is 60.3 Å². The molecule has 0 spiro atoms. The number of halogens is 3. The lowest BCUT2D eigenvalue weighted by atomic mass is 9.61. The lowest BCUT2D eigenvalue weighted by molar-refractivity contribution is -0.137. The molecule has 1 aliphatic heterocycles. The third-order valence-electron chi connectivity index (χ3n) is 8.51. The highest BCUT2D eigenvalue weighted by atomic mass is 19.4. The van der Waals surface area contributed by atoms with E-state index in [1.54, 1.807) is 19.2 Å². The van der Waals surface area contributed by atoms with Gasteiger partial charge in [0.25, 0.3) is 0 Å². The highest BCUT2D eigenvalue weighted by Gasteiger charge is 2.54. The van der Waals surface area contributed by atoms with Crippen molar-refractivity contribution in [2.75, 3.05) is 12.4 Å². The van der Waals surface area contributed by atoms with Gasteiger partial charge in [0, 0.05) is 11.6 Å². The van der Waals surface area contributed by atoms with Crippen molar-refractivity contribution in [3.05, 3.63) is 71.7 Å². The summed E-state index contributed by atoms with van der Waals surface area (Å²) in [5, 5.41) is 3.64. The molecule has 0 bridgehead atoms. The maximum Gasteiger partial charge on any atom is 0.490 e. The van der Waals surface area contributed by atoms with Gasteiger partial charge in [0.05, 0.1) is 29.9 Å². The van der Waals surface area contributed by atoms with Crippen molar-refractivity contribution < 1.29 is 27.2 Å². The minimum atomic E-state index is -4.40. The first kappa shape index (κ1) is 28.6. The first-order chi connectivity index (χ1) is 17.8. The molecule has 0 radical (unpaired) electrons. The minimum Gasteiger partial charge on any atom is -0.497 e. The third-order valence-corrected chi connectivity index (χ3v) is 8.51. The van der Waals surface area contributed by atoms with Gasteiger partial charge in [-0.15, -0.1) is 6.58 Å². The molecule has 8 heteroatoms. The normalized spacial score (nSPS) is 21.1. The Morgan fingerprint density at radius 3 is 2.00 bits per heavy atom. The maximum atomic E-state index is 13.4. The lowest BCUT2D eigenvalue weighted by Gasteiger charge is -2.39. The third kappa shape index (κ3) is 6.07. The van der Waals surface area contributed by atoms with Gasteiger partial charge in [-0.25, -0.2) is 0 Å². The van der Waals surface area contributed by atoms with Gasteiger partial charge in [-0.3, -0.25) is 0 Å². The van der Waals surface area contributed by atoms with Crippen molar-refractivity contribution in [2.45, 2.75) is 83.2 Å². The number of hydrogen-bond donors (Lipinski definition) is 1. The molecule has 38 heavy (non-hydrogen) atoms. The van der Waals surface area contributed by atoms with Gasteiger partial charge in [0.1, 0.15) is 5.75 Å². The van der Waals surface area contributed by atoms with Crippen LogP contribution in [0, 0.1) is 11.8 Å². The number of anilines is 1. The molecule has 1 saturated heterocycles. The van der Waals surface area contributed by atoms with Crippen LogP contribution in [0.3, 0.4) is 0 Å². The summed E-state index contributed by atoms with van der Waals surface area (Å²) in [6.07, 6.45) is 1.05. The van der Waals surface area contributed by atoms with Crippen molar-refractivity contribution in [1.29, 1.82) is 0 Å². The van der Waals surface area contributed by atoms with Crippen LogP contribution in [-0.4, -0.2) is 25.4 Å². The molecule has 0 amide bonds. The Hall–Kier alpha value is -2.45. The summed E-state index contributed by atoms with van der Waals surface area (Å²) in [5.74, 6) is 0.893. The number of ether oxygens (including phenoxy) is 1. The van der Waals surface area contributed by atoms with E-state index in [1.165, 1.54) is 6.42 Å². The van der Waals surface area contributed by atoms with Crippen LogP contribution in [0.2, 0.25) is 0 Å². The van der Waals surface area contributed by atoms with Crippen LogP contribution >= 0.6 is 0 Å². The van der Waals surface area contributed by atoms with E-state index in [-0.39, 0.29) is 17.9 Å². The van der Waals surface area contributed by atoms with Crippen molar-refractivity contribution >= 4 is 12.8 Å². The molecular formula is C30H39BF3NO3. The summed E-state index contributed by atoms with van der Waals surface area (Å²) in [5.41, 5.74) is 0.723. The average molecular weight is 529 g/mol. The van der Waals surface area contributed by atoms with Gasteiger partial charge < -0.3 is 19.4 Å². The summed E-state index contributed by atoms with van der Waals surface area (Å²) in [6, 6.07) is 12.7. The summed E-state index contributed by atoms with van der Waals surface area (Å²) < 4.78 is 58.3. The number of alkyl halides is 3. The van der Waals surface area contributed by atoms with Crippen LogP contribution in [0.1, 0.15) is 77.0 Å². The fourth-order valence-electron chi connectivity index (χ4n) is 5.56. The van der Waals surface area contributed by atoms with Crippen LogP contribution in [0.5, 0.6) is 5.75 Å². The van der Waals surface area contributed by atoms with E-state index in [9.17, 15) is 13.2 Å². The maximum absolute atomic E-state index is 13.4. The molecule has 2 aromatic rings. The van der Waals surface area contributed by atoms with Gasteiger partial charge in [0.2, 0.25) is 0 Å². The predicted molar refractivity (Wildman–Crippen MR) is 146 cm³/mol. The molecule has 0 aromatic heterocycles. The van der Waals surface area contributed by atoms with Gasteiger partial charge in [0.15, 0.2) is 0 Å². The van der Waals surface area contributed by atoms with E-state index >= 15 is 0 Å². The summed E-state index contributed by atoms with van der Waals surface area (Å²) in [4.78, 5) is 0. The molecule has 2 aliphatic rings. The Balaban J connectivity index is 1.75. The van der Waals surface area contributed by atoms with Crippen LogP contribution < -0.4 is 10.1 Å². The number of benzene rings is 2. The Morgan fingerprint density at radius 2 is 1.50 bits per heavy atom. The molecule has 1 aliphatic carbocycles. The number of nitrogens with one attached hydrogen (secondary N) is 1. The van der Waals surface area contributed by atoms with Gasteiger partial charge in [-0.1, -0.05) is 31.4 Å². The molecule has 2 unspecified atom stereocenters. The first-order valence-corrected chi connectivity index (χ1v) is 13.4. The average Bonchev–Trinajstić information content (AvgIpc) is 3.10. The molecule has 2 aromatic carbocycles. The van der Waals surface area contributed by atoms with Crippen molar-refractivity contribution in [3.63, 3.8) is 0 Å². The van der Waals surface area contributed by atoms with E-state index in [2.05, 4.69) is 11.9 Å². The standard InChI is InChI=1S/C30H39BF3NO3/c1-20(31-37-28(2,3)29(4,5)38-31)26(21-10-8-7-9-11-21)27(35-24-16-18-25(36-6)19-17-24)22-12-14-23(15-13-22)30(32,33)34/h12-19,21,26-27,35H,1,7-11H2,2-6H3. The van der Waals surface area contributed by atoms with Gasteiger partial charge >= 0.3 is 13.3 Å². The van der Waals surface area contributed by atoms with E-state index in [4.69, 9.17) is 14.0 Å². The van der Waals surface area contributed by atoms with E-state index < -0.39 is 30.1 Å². The zero-order chi connectivity index (χ0) is 27.7. The molecule has 2 fully saturated rings. The largest absolute Gasteiger partial charge is 0.497 e. The van der Waals surface area contributed by atoms with E-state index in [0.29, 0.717) is 0 Å². The first-order valence-electron chi connectivity index (χ1n) is 13.4. The zero-order valence-corrected chi connectivity index (χ0v) is 23.0. The molecule has 1 N–H and O–H groups in total. The van der Waals surface area contributed by atoms with E-state index in [1.807, 2.05) is 52.0 Å². The summed E-state index contributed by atoms with van der Waals surface area (Å²) in [7, 11) is 1.00. The number of rotatable bonds is 8. The second-order valence-corrected chi connectivity index (χ2v) is 11.6.